The largest absolute Gasteiger partial charge is 0.272 e. The van der Waals surface area contributed by atoms with Crippen LogP contribution in [-0.2, 0) is 13.5 Å². The Morgan fingerprint density at radius 3 is 3.30 bits per heavy atom. The van der Waals surface area contributed by atoms with Crippen LogP contribution >= 0.6 is 0 Å². The van der Waals surface area contributed by atoms with E-state index in [-0.39, 0.29) is 0 Å². The van der Waals surface area contributed by atoms with Crippen LogP contribution in [0, 0.1) is 0 Å². The fraction of sp³-hybridized carbons (Fsp3) is 0.375. The Bertz CT molecular complexity index is 271. The summed E-state index contributed by atoms with van der Waals surface area (Å²) >= 11 is 0. The molecule has 2 heteroatoms. The molecule has 0 N–H and O–H groups in total. The van der Waals surface area contributed by atoms with E-state index in [0.29, 0.717) is 0 Å². The van der Waals surface area contributed by atoms with Gasteiger partial charge in [-0.25, -0.2) is 0 Å². The Morgan fingerprint density at radius 1 is 1.60 bits per heavy atom. The van der Waals surface area contributed by atoms with Crippen LogP contribution < -0.4 is 0 Å². The van der Waals surface area contributed by atoms with Gasteiger partial charge in [-0.05, 0) is 12.8 Å². The van der Waals surface area contributed by atoms with Crippen LogP contribution in [0.15, 0.2) is 12.3 Å². The summed E-state index contributed by atoms with van der Waals surface area (Å²) in [6.07, 6.45) is 8.57. The molecule has 0 atom stereocenters. The van der Waals surface area contributed by atoms with Gasteiger partial charge in [-0.1, -0.05) is 12.2 Å². The lowest BCUT2D eigenvalue weighted by molar-refractivity contribution is 0.704. The zero-order valence-electron chi connectivity index (χ0n) is 6.04. The third-order valence-electron chi connectivity index (χ3n) is 1.94. The molecule has 0 radical (unpaired) electrons. The lowest BCUT2D eigenvalue weighted by Gasteiger charge is -2.04. The highest BCUT2D eigenvalue weighted by Gasteiger charge is 2.07. The summed E-state index contributed by atoms with van der Waals surface area (Å²) in [5, 5.41) is 4.16. The summed E-state index contributed by atoms with van der Waals surface area (Å²) < 4.78 is 1.96. The molecule has 10 heavy (non-hydrogen) atoms. The van der Waals surface area contributed by atoms with Crippen molar-refractivity contribution in [2.24, 2.45) is 7.05 Å². The van der Waals surface area contributed by atoms with Crippen LogP contribution in [-0.4, -0.2) is 9.78 Å². The molecule has 1 aromatic rings. The van der Waals surface area contributed by atoms with E-state index in [2.05, 4.69) is 17.3 Å². The van der Waals surface area contributed by atoms with E-state index < -0.39 is 0 Å². The van der Waals surface area contributed by atoms with Crippen molar-refractivity contribution in [1.29, 1.82) is 0 Å². The summed E-state index contributed by atoms with van der Waals surface area (Å²) in [5.74, 6) is 0. The summed E-state index contributed by atoms with van der Waals surface area (Å²) in [6, 6.07) is 0. The molecule has 0 aliphatic heterocycles. The highest BCUT2D eigenvalue weighted by Crippen LogP contribution is 2.16. The predicted molar refractivity (Wildman–Crippen MR) is 40.6 cm³/mol. The summed E-state index contributed by atoms with van der Waals surface area (Å²) in [5.41, 5.74) is 2.65. The van der Waals surface area contributed by atoms with Crippen molar-refractivity contribution in [1.82, 2.24) is 9.78 Å². The maximum Gasteiger partial charge on any atom is 0.0564 e. The molecule has 0 fully saturated rings. The van der Waals surface area contributed by atoms with E-state index in [9.17, 15) is 0 Å². The third kappa shape index (κ3) is 0.685. The Labute approximate surface area is 60.2 Å². The number of hydrogen-bond donors (Lipinski definition) is 0. The zero-order chi connectivity index (χ0) is 6.97. The standard InChI is InChI=1S/C8H10N2/c1-10-8-5-3-2-4-7(8)6-9-10/h2,4,6H,3,5H2,1H3. The van der Waals surface area contributed by atoms with Crippen LogP contribution in [0.1, 0.15) is 17.7 Å². The van der Waals surface area contributed by atoms with E-state index in [1.807, 2.05) is 17.9 Å². The minimum Gasteiger partial charge on any atom is -0.272 e. The van der Waals surface area contributed by atoms with E-state index in [0.717, 1.165) is 12.8 Å². The molecule has 0 unspecified atom stereocenters. The molecule has 2 nitrogen and oxygen atoms in total. The van der Waals surface area contributed by atoms with Crippen molar-refractivity contribution < 1.29 is 0 Å². The monoisotopic (exact) mass is 134 g/mol. The molecule has 1 aromatic heterocycles. The quantitative estimate of drug-likeness (QED) is 0.524. The Kier molecular flexibility index (Phi) is 1.13. The fourth-order valence-corrected chi connectivity index (χ4v) is 1.36. The lowest BCUT2D eigenvalue weighted by Crippen LogP contribution is -2.00. The second-order valence-electron chi connectivity index (χ2n) is 2.61. The normalized spacial score (nSPS) is 15.3. The van der Waals surface area contributed by atoms with Gasteiger partial charge in [0.25, 0.3) is 0 Å². The van der Waals surface area contributed by atoms with Crippen molar-refractivity contribution in [2.75, 3.05) is 0 Å². The van der Waals surface area contributed by atoms with Crippen LogP contribution in [0.25, 0.3) is 6.08 Å². The molecular weight excluding hydrogens is 124 g/mol. The van der Waals surface area contributed by atoms with Crippen LogP contribution in [0.5, 0.6) is 0 Å². The van der Waals surface area contributed by atoms with Crippen LogP contribution in [0.4, 0.5) is 0 Å². The number of aryl methyl sites for hydroxylation is 1. The molecule has 0 spiro atoms. The van der Waals surface area contributed by atoms with E-state index in [4.69, 9.17) is 0 Å². The molecule has 0 saturated heterocycles. The molecule has 0 amide bonds. The number of allylic oxidation sites excluding steroid dienone is 1. The first kappa shape index (κ1) is 5.71. The molecule has 1 heterocycles. The predicted octanol–water partition coefficient (Wildman–Crippen LogP) is 1.38. The maximum atomic E-state index is 4.16. The first-order valence-electron chi connectivity index (χ1n) is 3.55. The molecule has 1 aliphatic carbocycles. The van der Waals surface area contributed by atoms with Crippen molar-refractivity contribution in [3.8, 4) is 0 Å². The van der Waals surface area contributed by atoms with Crippen LogP contribution in [0.2, 0.25) is 0 Å². The zero-order valence-corrected chi connectivity index (χ0v) is 6.04. The van der Waals surface area contributed by atoms with Gasteiger partial charge in [0.1, 0.15) is 0 Å². The number of aromatic nitrogens is 2. The number of rotatable bonds is 0. The number of hydrogen-bond acceptors (Lipinski definition) is 1. The average Bonchev–Trinajstić information content (AvgIpc) is 2.34. The molecule has 1 aliphatic rings. The van der Waals surface area contributed by atoms with E-state index in [1.54, 1.807) is 0 Å². The molecule has 52 valence electrons. The molecule has 0 bridgehead atoms. The lowest BCUT2D eigenvalue weighted by atomic mass is 10.1. The first-order chi connectivity index (χ1) is 4.88. The highest BCUT2D eigenvalue weighted by atomic mass is 15.3. The smallest absolute Gasteiger partial charge is 0.0564 e. The van der Waals surface area contributed by atoms with Crippen LogP contribution in [0.3, 0.4) is 0 Å². The molecule has 0 saturated carbocycles. The van der Waals surface area contributed by atoms with Gasteiger partial charge in [-0.3, -0.25) is 4.68 Å². The van der Waals surface area contributed by atoms with E-state index in [1.165, 1.54) is 11.3 Å². The van der Waals surface area contributed by atoms with Crippen molar-refractivity contribution in [3.05, 3.63) is 23.5 Å². The Hall–Kier alpha value is -1.05. The van der Waals surface area contributed by atoms with Crippen molar-refractivity contribution >= 4 is 6.08 Å². The third-order valence-corrected chi connectivity index (χ3v) is 1.94. The Balaban J connectivity index is 2.57. The van der Waals surface area contributed by atoms with Gasteiger partial charge in [0.15, 0.2) is 0 Å². The number of fused-ring (bicyclic) bond motifs is 1. The first-order valence-corrected chi connectivity index (χ1v) is 3.55. The van der Waals surface area contributed by atoms with Gasteiger partial charge in [-0.2, -0.15) is 5.10 Å². The Morgan fingerprint density at radius 2 is 2.50 bits per heavy atom. The van der Waals surface area contributed by atoms with E-state index >= 15 is 0 Å². The van der Waals surface area contributed by atoms with Crippen molar-refractivity contribution in [3.63, 3.8) is 0 Å². The van der Waals surface area contributed by atoms with Gasteiger partial charge in [0.05, 0.1) is 6.20 Å². The topological polar surface area (TPSA) is 17.8 Å². The summed E-state index contributed by atoms with van der Waals surface area (Å²) in [7, 11) is 2.00. The minimum atomic E-state index is 1.14. The fourth-order valence-electron chi connectivity index (χ4n) is 1.36. The van der Waals surface area contributed by atoms with Gasteiger partial charge in [0, 0.05) is 18.3 Å². The summed E-state index contributed by atoms with van der Waals surface area (Å²) in [6.45, 7) is 0. The SMILES string of the molecule is Cn1ncc2c1CCC=C2. The van der Waals surface area contributed by atoms with Gasteiger partial charge in [-0.15, -0.1) is 0 Å². The summed E-state index contributed by atoms with van der Waals surface area (Å²) in [4.78, 5) is 0. The maximum absolute atomic E-state index is 4.16. The average molecular weight is 134 g/mol. The van der Waals surface area contributed by atoms with Gasteiger partial charge in [0.2, 0.25) is 0 Å². The molecule has 2 rings (SSSR count). The van der Waals surface area contributed by atoms with Gasteiger partial charge < -0.3 is 0 Å². The molecule has 0 aromatic carbocycles. The number of nitrogens with zero attached hydrogens (tertiary/aromatic N) is 2. The minimum absolute atomic E-state index is 1.14. The second-order valence-corrected chi connectivity index (χ2v) is 2.61. The second kappa shape index (κ2) is 1.97. The van der Waals surface area contributed by atoms with Crippen molar-refractivity contribution in [2.45, 2.75) is 12.8 Å². The van der Waals surface area contributed by atoms with Gasteiger partial charge >= 0.3 is 0 Å². The highest BCUT2D eigenvalue weighted by molar-refractivity contribution is 5.53. The molecular formula is C8H10N2.